The van der Waals surface area contributed by atoms with Gasteiger partial charge < -0.3 is 5.32 Å². The molecule has 2 heterocycles. The summed E-state index contributed by atoms with van der Waals surface area (Å²) in [6.07, 6.45) is 10.5. The van der Waals surface area contributed by atoms with Crippen LogP contribution in [0.25, 0.3) is 0 Å². The van der Waals surface area contributed by atoms with E-state index in [0.717, 1.165) is 25.3 Å². The van der Waals surface area contributed by atoms with Gasteiger partial charge in [0.25, 0.3) is 0 Å². The highest BCUT2D eigenvalue weighted by atomic mass is 15.0. The smallest absolute Gasteiger partial charge is 0.132 e. The Morgan fingerprint density at radius 2 is 1.71 bits per heavy atom. The lowest BCUT2D eigenvalue weighted by Crippen LogP contribution is -2.28. The summed E-state index contributed by atoms with van der Waals surface area (Å²) >= 11 is 0. The minimum absolute atomic E-state index is 0.507. The number of aromatic nitrogens is 2. The Morgan fingerprint density at radius 1 is 1.00 bits per heavy atom. The van der Waals surface area contributed by atoms with Gasteiger partial charge in [-0.05, 0) is 37.3 Å². The van der Waals surface area contributed by atoms with Crippen LogP contribution in [0.1, 0.15) is 93.4 Å². The molecule has 3 nitrogen and oxygen atoms in total. The van der Waals surface area contributed by atoms with Crippen LogP contribution >= 0.6 is 0 Å². The summed E-state index contributed by atoms with van der Waals surface area (Å²) < 4.78 is 0. The first-order chi connectivity index (χ1) is 10.3. The van der Waals surface area contributed by atoms with Crippen LogP contribution in [-0.2, 0) is 13.0 Å². The third kappa shape index (κ3) is 3.45. The molecule has 3 rings (SSSR count). The number of fused-ring (bicyclic) bond motifs is 1. The first kappa shape index (κ1) is 15.0. The quantitative estimate of drug-likeness (QED) is 0.891. The van der Waals surface area contributed by atoms with Crippen LogP contribution in [0.15, 0.2) is 0 Å². The molecule has 1 aromatic rings. The van der Waals surface area contributed by atoms with E-state index in [1.54, 1.807) is 0 Å². The minimum Gasteiger partial charge on any atom is -0.311 e. The summed E-state index contributed by atoms with van der Waals surface area (Å²) in [6.45, 7) is 6.54. The molecule has 0 radical (unpaired) electrons. The van der Waals surface area contributed by atoms with Crippen LogP contribution in [-0.4, -0.2) is 16.5 Å². The second-order valence-electron chi connectivity index (χ2n) is 7.02. The lowest BCUT2D eigenvalue weighted by atomic mass is 9.89. The monoisotopic (exact) mass is 287 g/mol. The van der Waals surface area contributed by atoms with Crippen molar-refractivity contribution in [3.63, 3.8) is 0 Å². The van der Waals surface area contributed by atoms with Crippen molar-refractivity contribution in [3.05, 3.63) is 22.8 Å². The van der Waals surface area contributed by atoms with E-state index in [1.807, 2.05) is 0 Å². The van der Waals surface area contributed by atoms with Crippen LogP contribution in [0.2, 0.25) is 0 Å². The van der Waals surface area contributed by atoms with Gasteiger partial charge in [0.2, 0.25) is 0 Å². The molecule has 21 heavy (non-hydrogen) atoms. The SMILES string of the molecule is CC(C)c1nc(C2CCCCCCC2)nc2c1CCNC2. The van der Waals surface area contributed by atoms with Gasteiger partial charge in [0, 0.05) is 12.5 Å². The Bertz CT molecular complexity index is 474. The van der Waals surface area contributed by atoms with E-state index >= 15 is 0 Å². The van der Waals surface area contributed by atoms with Gasteiger partial charge in [-0.15, -0.1) is 0 Å². The molecule has 0 unspecified atom stereocenters. The topological polar surface area (TPSA) is 37.8 Å². The summed E-state index contributed by atoms with van der Waals surface area (Å²) in [5.41, 5.74) is 4.02. The average molecular weight is 287 g/mol. The molecule has 0 spiro atoms. The highest BCUT2D eigenvalue weighted by molar-refractivity contribution is 5.31. The maximum Gasteiger partial charge on any atom is 0.132 e. The van der Waals surface area contributed by atoms with Gasteiger partial charge in [-0.2, -0.15) is 0 Å². The van der Waals surface area contributed by atoms with Crippen molar-refractivity contribution in [1.82, 2.24) is 15.3 Å². The first-order valence-electron chi connectivity index (χ1n) is 8.86. The summed E-state index contributed by atoms with van der Waals surface area (Å²) in [5.74, 6) is 2.24. The molecule has 3 heteroatoms. The highest BCUT2D eigenvalue weighted by Crippen LogP contribution is 2.31. The third-order valence-corrected chi connectivity index (χ3v) is 5.00. The van der Waals surface area contributed by atoms with Crippen LogP contribution in [0.5, 0.6) is 0 Å². The summed E-state index contributed by atoms with van der Waals surface area (Å²) in [6, 6.07) is 0. The van der Waals surface area contributed by atoms with Crippen LogP contribution in [0, 0.1) is 0 Å². The molecule has 0 aromatic carbocycles. The zero-order valence-corrected chi connectivity index (χ0v) is 13.6. The normalized spacial score (nSPS) is 20.9. The molecule has 1 aliphatic heterocycles. The highest BCUT2D eigenvalue weighted by Gasteiger charge is 2.23. The van der Waals surface area contributed by atoms with Gasteiger partial charge >= 0.3 is 0 Å². The lowest BCUT2D eigenvalue weighted by Gasteiger charge is -2.25. The van der Waals surface area contributed by atoms with Crippen molar-refractivity contribution < 1.29 is 0 Å². The van der Waals surface area contributed by atoms with Crippen molar-refractivity contribution in [2.24, 2.45) is 0 Å². The van der Waals surface area contributed by atoms with Crippen molar-refractivity contribution in [2.75, 3.05) is 6.54 Å². The van der Waals surface area contributed by atoms with Gasteiger partial charge in [0.15, 0.2) is 0 Å². The molecule has 0 amide bonds. The fourth-order valence-electron chi connectivity index (χ4n) is 3.78. The fourth-order valence-corrected chi connectivity index (χ4v) is 3.78. The molecule has 116 valence electrons. The standard InChI is InChI=1S/C18H29N3/c1-13(2)17-15-10-11-19-12-16(15)20-18(21-17)14-8-6-4-3-5-7-9-14/h13-14,19H,3-12H2,1-2H3. The Morgan fingerprint density at radius 3 is 2.43 bits per heavy atom. The summed E-state index contributed by atoms with van der Waals surface area (Å²) in [5, 5.41) is 3.47. The van der Waals surface area contributed by atoms with E-state index in [4.69, 9.17) is 9.97 Å². The van der Waals surface area contributed by atoms with Crippen molar-refractivity contribution >= 4 is 0 Å². The summed E-state index contributed by atoms with van der Waals surface area (Å²) in [7, 11) is 0. The molecule has 1 aromatic heterocycles. The van der Waals surface area contributed by atoms with Crippen LogP contribution < -0.4 is 5.32 Å². The van der Waals surface area contributed by atoms with Gasteiger partial charge in [-0.3, -0.25) is 0 Å². The molecule has 2 aliphatic rings. The van der Waals surface area contributed by atoms with Gasteiger partial charge in [-0.25, -0.2) is 9.97 Å². The van der Waals surface area contributed by atoms with E-state index in [0.29, 0.717) is 11.8 Å². The van der Waals surface area contributed by atoms with Gasteiger partial charge in [0.1, 0.15) is 5.82 Å². The Labute approximate surface area is 129 Å². The molecule has 0 saturated heterocycles. The van der Waals surface area contributed by atoms with E-state index in [1.165, 1.54) is 61.9 Å². The molecular weight excluding hydrogens is 258 g/mol. The first-order valence-corrected chi connectivity index (χ1v) is 8.86. The predicted molar refractivity (Wildman–Crippen MR) is 86.6 cm³/mol. The largest absolute Gasteiger partial charge is 0.311 e. The van der Waals surface area contributed by atoms with E-state index in [9.17, 15) is 0 Å². The number of nitrogens with zero attached hydrogens (tertiary/aromatic N) is 2. The number of rotatable bonds is 2. The molecule has 0 atom stereocenters. The average Bonchev–Trinajstić information content (AvgIpc) is 2.45. The number of hydrogen-bond acceptors (Lipinski definition) is 3. The maximum atomic E-state index is 5.04. The van der Waals surface area contributed by atoms with E-state index in [2.05, 4.69) is 19.2 Å². The van der Waals surface area contributed by atoms with Crippen LogP contribution in [0.4, 0.5) is 0 Å². The number of hydrogen-bond donors (Lipinski definition) is 1. The second kappa shape index (κ2) is 6.87. The Kier molecular flexibility index (Phi) is 4.89. The van der Waals surface area contributed by atoms with Gasteiger partial charge in [0.05, 0.1) is 11.4 Å². The molecule has 0 bridgehead atoms. The Hall–Kier alpha value is -0.960. The molecular formula is C18H29N3. The molecule has 1 fully saturated rings. The summed E-state index contributed by atoms with van der Waals surface area (Å²) in [4.78, 5) is 10.0. The third-order valence-electron chi connectivity index (χ3n) is 5.00. The molecule has 1 aliphatic carbocycles. The second-order valence-corrected chi connectivity index (χ2v) is 7.02. The zero-order valence-electron chi connectivity index (χ0n) is 13.6. The van der Waals surface area contributed by atoms with Gasteiger partial charge in [-0.1, -0.05) is 46.0 Å². The minimum atomic E-state index is 0.507. The Balaban J connectivity index is 1.92. The number of nitrogens with one attached hydrogen (secondary N) is 1. The van der Waals surface area contributed by atoms with E-state index in [-0.39, 0.29) is 0 Å². The molecule has 1 N–H and O–H groups in total. The maximum absolute atomic E-state index is 5.04. The van der Waals surface area contributed by atoms with Crippen molar-refractivity contribution in [2.45, 2.75) is 83.6 Å². The van der Waals surface area contributed by atoms with Crippen molar-refractivity contribution in [1.29, 1.82) is 0 Å². The lowest BCUT2D eigenvalue weighted by molar-refractivity contribution is 0.437. The zero-order chi connectivity index (χ0) is 14.7. The predicted octanol–water partition coefficient (Wildman–Crippen LogP) is 4.07. The van der Waals surface area contributed by atoms with E-state index < -0.39 is 0 Å². The van der Waals surface area contributed by atoms with Crippen molar-refractivity contribution in [3.8, 4) is 0 Å². The fraction of sp³-hybridized carbons (Fsp3) is 0.778. The van der Waals surface area contributed by atoms with Crippen LogP contribution in [0.3, 0.4) is 0 Å². The molecule has 1 saturated carbocycles.